The Morgan fingerprint density at radius 2 is 1.80 bits per heavy atom. The molecule has 0 aromatic heterocycles. The van der Waals surface area contributed by atoms with Gasteiger partial charge in [0.05, 0.1) is 23.6 Å². The number of carbonyl (C=O) groups excluding carboxylic acids is 2. The Bertz CT molecular complexity index is 596. The lowest BCUT2D eigenvalue weighted by Crippen LogP contribution is -2.39. The first-order chi connectivity index (χ1) is 14.5. The van der Waals surface area contributed by atoms with Crippen LogP contribution in [0.3, 0.4) is 0 Å². The molecule has 2 aliphatic heterocycles. The highest BCUT2D eigenvalue weighted by molar-refractivity contribution is 7.80. The minimum absolute atomic E-state index is 0.00532. The fraction of sp³-hybridized carbons (Fsp3) is 0.783. The molecule has 2 heterocycles. The molecule has 0 unspecified atom stereocenters. The maximum absolute atomic E-state index is 12.3. The molecule has 0 saturated carbocycles. The lowest BCUT2D eigenvalue weighted by atomic mass is 9.77. The Kier molecular flexibility index (Phi) is 11.4. The van der Waals surface area contributed by atoms with E-state index >= 15 is 0 Å². The van der Waals surface area contributed by atoms with Gasteiger partial charge < -0.3 is 20.7 Å². The van der Waals surface area contributed by atoms with Gasteiger partial charge in [-0.25, -0.2) is 0 Å². The van der Waals surface area contributed by atoms with Crippen molar-refractivity contribution < 1.29 is 14.3 Å². The molecule has 2 amide bonds. The summed E-state index contributed by atoms with van der Waals surface area (Å²) in [6, 6.07) is 0. The summed E-state index contributed by atoms with van der Waals surface area (Å²) in [7, 11) is 1.67. The van der Waals surface area contributed by atoms with E-state index in [0.29, 0.717) is 35.9 Å². The number of hydrogen-bond acceptors (Lipinski definition) is 4. The first-order valence-corrected chi connectivity index (χ1v) is 12.0. The highest BCUT2D eigenvalue weighted by Crippen LogP contribution is 2.44. The quantitative estimate of drug-likeness (QED) is 0.221. The normalized spacial score (nSPS) is 24.9. The summed E-state index contributed by atoms with van der Waals surface area (Å²) in [5, 5.41) is 8.91. The van der Waals surface area contributed by atoms with E-state index in [1.165, 1.54) is 12.8 Å². The summed E-state index contributed by atoms with van der Waals surface area (Å²) in [6.45, 7) is 3.67. The van der Waals surface area contributed by atoms with Gasteiger partial charge in [-0.1, -0.05) is 44.1 Å². The molecule has 0 spiro atoms. The maximum Gasteiger partial charge on any atom is 0.226 e. The second kappa shape index (κ2) is 13.8. The van der Waals surface area contributed by atoms with Gasteiger partial charge in [0.15, 0.2) is 0 Å². The molecule has 2 saturated heterocycles. The van der Waals surface area contributed by atoms with Gasteiger partial charge in [-0.3, -0.25) is 9.59 Å². The summed E-state index contributed by atoms with van der Waals surface area (Å²) in [4.78, 5) is 24.2. The molecular formula is C23H39N3O3S. The maximum atomic E-state index is 12.3. The molecule has 7 heteroatoms. The van der Waals surface area contributed by atoms with Crippen LogP contribution in [0.4, 0.5) is 0 Å². The number of thiocarbonyl (C=S) groups is 1. The van der Waals surface area contributed by atoms with Crippen molar-refractivity contribution in [2.75, 3.05) is 20.1 Å². The van der Waals surface area contributed by atoms with Gasteiger partial charge in [-0.05, 0) is 44.4 Å². The molecule has 3 N–H and O–H groups in total. The summed E-state index contributed by atoms with van der Waals surface area (Å²) in [5.41, 5.74) is 0. The average molecular weight is 438 g/mol. The van der Waals surface area contributed by atoms with Crippen molar-refractivity contribution in [2.24, 2.45) is 11.8 Å². The first kappa shape index (κ1) is 24.8. The van der Waals surface area contributed by atoms with E-state index in [1.807, 2.05) is 0 Å². The van der Waals surface area contributed by atoms with E-state index in [2.05, 4.69) is 35.0 Å². The summed E-state index contributed by atoms with van der Waals surface area (Å²) in [6.07, 6.45) is 14.2. The van der Waals surface area contributed by atoms with Crippen molar-refractivity contribution >= 4 is 29.0 Å². The van der Waals surface area contributed by atoms with Crippen LogP contribution in [-0.4, -0.2) is 49.1 Å². The molecule has 2 rings (SSSR count). The zero-order valence-corrected chi connectivity index (χ0v) is 19.4. The van der Waals surface area contributed by atoms with Gasteiger partial charge in [-0.2, -0.15) is 0 Å². The van der Waals surface area contributed by atoms with Crippen molar-refractivity contribution in [1.29, 1.82) is 0 Å². The Morgan fingerprint density at radius 3 is 2.53 bits per heavy atom. The van der Waals surface area contributed by atoms with Crippen molar-refractivity contribution in [3.05, 3.63) is 12.2 Å². The predicted octanol–water partition coefficient (Wildman–Crippen LogP) is 3.26. The highest BCUT2D eigenvalue weighted by atomic mass is 32.1. The van der Waals surface area contributed by atoms with E-state index in [9.17, 15) is 9.59 Å². The molecular weight excluding hydrogens is 398 g/mol. The van der Waals surface area contributed by atoms with Gasteiger partial charge in [-0.15, -0.1) is 0 Å². The van der Waals surface area contributed by atoms with Gasteiger partial charge in [0, 0.05) is 32.5 Å². The molecule has 170 valence electrons. The Morgan fingerprint density at radius 1 is 1.03 bits per heavy atom. The third kappa shape index (κ3) is 8.34. The third-order valence-electron chi connectivity index (χ3n) is 6.18. The number of fused-ring (bicyclic) bond motifs is 2. The standard InChI is InChI=1S/C23H39N3O3S/c1-3-4-9-14-25-23(30)15-22(28)26-16-18-17(19-12-13-20(18)29-19)10-7-5-6-8-11-21(27)24-2/h5,7,17-20H,3-4,6,8-16H2,1-2H3,(H,24,27)(H,25,30)(H,26,28)/t17-,18+,19-,20+/m1/s1. The molecule has 0 aromatic carbocycles. The average Bonchev–Trinajstić information content (AvgIpc) is 3.33. The minimum atomic E-state index is -0.00532. The van der Waals surface area contributed by atoms with Crippen LogP contribution in [0.25, 0.3) is 0 Å². The summed E-state index contributed by atoms with van der Waals surface area (Å²) < 4.78 is 6.13. The smallest absolute Gasteiger partial charge is 0.226 e. The molecule has 30 heavy (non-hydrogen) atoms. The number of rotatable bonds is 14. The second-order valence-corrected chi connectivity index (χ2v) is 8.92. The Hall–Kier alpha value is -1.47. The van der Waals surface area contributed by atoms with Crippen LogP contribution in [0.2, 0.25) is 0 Å². The highest BCUT2D eigenvalue weighted by Gasteiger charge is 2.47. The topological polar surface area (TPSA) is 79.5 Å². The van der Waals surface area contributed by atoms with Crippen molar-refractivity contribution in [3.8, 4) is 0 Å². The van der Waals surface area contributed by atoms with Crippen LogP contribution in [-0.2, 0) is 14.3 Å². The lowest BCUT2D eigenvalue weighted by molar-refractivity contribution is -0.121. The fourth-order valence-electron chi connectivity index (χ4n) is 4.46. The molecule has 2 bridgehead atoms. The number of amides is 2. The zero-order chi connectivity index (χ0) is 21.8. The Balaban J connectivity index is 1.68. The van der Waals surface area contributed by atoms with Gasteiger partial charge in [0.1, 0.15) is 0 Å². The number of carbonyl (C=O) groups is 2. The SMILES string of the molecule is CCCCCNC(=S)CC(=O)NC[C@H]1[C@@H](CC=CCCCC(=O)NC)[C@H]2CC[C@@H]1O2. The molecule has 6 nitrogen and oxygen atoms in total. The molecule has 4 atom stereocenters. The van der Waals surface area contributed by atoms with Gasteiger partial charge in [0.2, 0.25) is 11.8 Å². The van der Waals surface area contributed by atoms with Crippen molar-refractivity contribution in [2.45, 2.75) is 83.3 Å². The number of ether oxygens (including phenoxy) is 1. The van der Waals surface area contributed by atoms with E-state index in [4.69, 9.17) is 17.0 Å². The predicted molar refractivity (Wildman–Crippen MR) is 124 cm³/mol. The van der Waals surface area contributed by atoms with E-state index in [-0.39, 0.29) is 24.3 Å². The molecule has 2 aliphatic rings. The summed E-state index contributed by atoms with van der Waals surface area (Å²) >= 11 is 5.29. The third-order valence-corrected chi connectivity index (χ3v) is 6.47. The van der Waals surface area contributed by atoms with Crippen LogP contribution in [0.1, 0.15) is 71.1 Å². The van der Waals surface area contributed by atoms with E-state index in [1.54, 1.807) is 7.05 Å². The van der Waals surface area contributed by atoms with Crippen LogP contribution in [0.5, 0.6) is 0 Å². The number of nitrogens with one attached hydrogen (secondary N) is 3. The van der Waals surface area contributed by atoms with Crippen LogP contribution in [0, 0.1) is 11.8 Å². The molecule has 0 radical (unpaired) electrons. The van der Waals surface area contributed by atoms with E-state index < -0.39 is 0 Å². The number of hydrogen-bond donors (Lipinski definition) is 3. The second-order valence-electron chi connectivity index (χ2n) is 8.43. The molecule has 0 aliphatic carbocycles. The van der Waals surface area contributed by atoms with Gasteiger partial charge in [0.25, 0.3) is 0 Å². The van der Waals surface area contributed by atoms with Crippen LogP contribution in [0.15, 0.2) is 12.2 Å². The fourth-order valence-corrected chi connectivity index (χ4v) is 4.70. The zero-order valence-electron chi connectivity index (χ0n) is 18.6. The molecule has 0 aromatic rings. The van der Waals surface area contributed by atoms with Crippen LogP contribution < -0.4 is 16.0 Å². The van der Waals surface area contributed by atoms with Crippen molar-refractivity contribution in [3.63, 3.8) is 0 Å². The lowest BCUT2D eigenvalue weighted by Gasteiger charge is -2.27. The largest absolute Gasteiger partial charge is 0.379 e. The minimum Gasteiger partial charge on any atom is -0.379 e. The van der Waals surface area contributed by atoms with Crippen molar-refractivity contribution in [1.82, 2.24) is 16.0 Å². The van der Waals surface area contributed by atoms with Crippen LogP contribution >= 0.6 is 12.2 Å². The Labute approximate surface area is 187 Å². The van der Waals surface area contributed by atoms with Gasteiger partial charge >= 0.3 is 0 Å². The number of unbranched alkanes of at least 4 members (excludes halogenated alkanes) is 3. The molecule has 2 fully saturated rings. The monoisotopic (exact) mass is 437 g/mol. The first-order valence-electron chi connectivity index (χ1n) is 11.6. The van der Waals surface area contributed by atoms with E-state index in [0.717, 1.165) is 45.1 Å². The summed E-state index contributed by atoms with van der Waals surface area (Å²) in [5.74, 6) is 0.915. The number of allylic oxidation sites excluding steroid dienone is 2.